The Kier molecular flexibility index (Phi) is 5.22. The van der Waals surface area contributed by atoms with E-state index < -0.39 is 0 Å². The minimum Gasteiger partial charge on any atom is -0.370 e. The van der Waals surface area contributed by atoms with Crippen LogP contribution in [0.25, 0.3) is 11.2 Å². The number of alkyl halides is 1. The van der Waals surface area contributed by atoms with Gasteiger partial charge in [0.15, 0.2) is 5.65 Å². The zero-order valence-electron chi connectivity index (χ0n) is 12.6. The smallest absolute Gasteiger partial charge is 0.217 e. The molecule has 0 bridgehead atoms. The van der Waals surface area contributed by atoms with Crippen LogP contribution in [0.2, 0.25) is 0 Å². The number of rotatable bonds is 8. The van der Waals surface area contributed by atoms with E-state index in [4.69, 9.17) is 17.3 Å². The molecule has 2 heterocycles. The van der Waals surface area contributed by atoms with Gasteiger partial charge in [-0.15, -0.1) is 11.6 Å². The van der Waals surface area contributed by atoms with E-state index >= 15 is 0 Å². The molecule has 0 aliphatic rings. The van der Waals surface area contributed by atoms with E-state index in [0.717, 1.165) is 55.0 Å². The molecule has 0 radical (unpaired) electrons. The molecule has 0 unspecified atom stereocenters. The fraction of sp³-hybridized carbons (Fsp3) is 0.643. The lowest BCUT2D eigenvalue weighted by molar-refractivity contribution is -0.118. The SMILES string of the molecule is CCn1nc(C)c2nc(CCCl)n(CCCCC(N)=O)c21. The van der Waals surface area contributed by atoms with Crippen LogP contribution in [0, 0.1) is 6.92 Å². The molecular formula is C14H22ClN5O. The average Bonchev–Trinajstić information content (AvgIpc) is 2.94. The van der Waals surface area contributed by atoms with E-state index in [9.17, 15) is 4.79 Å². The summed E-state index contributed by atoms with van der Waals surface area (Å²) in [4.78, 5) is 15.5. The van der Waals surface area contributed by atoms with Crippen molar-refractivity contribution in [1.29, 1.82) is 0 Å². The first kappa shape index (κ1) is 15.8. The van der Waals surface area contributed by atoms with Crippen molar-refractivity contribution in [2.75, 3.05) is 5.88 Å². The van der Waals surface area contributed by atoms with Gasteiger partial charge in [0.05, 0.1) is 5.69 Å². The van der Waals surface area contributed by atoms with E-state index in [1.54, 1.807) is 0 Å². The number of halogens is 1. The molecule has 116 valence electrons. The number of nitrogens with two attached hydrogens (primary N) is 1. The van der Waals surface area contributed by atoms with Crippen LogP contribution in [-0.2, 0) is 24.3 Å². The van der Waals surface area contributed by atoms with E-state index in [2.05, 4.69) is 21.6 Å². The second kappa shape index (κ2) is 6.93. The number of hydrogen-bond acceptors (Lipinski definition) is 3. The van der Waals surface area contributed by atoms with Crippen molar-refractivity contribution in [2.45, 2.75) is 52.6 Å². The maximum atomic E-state index is 10.8. The summed E-state index contributed by atoms with van der Waals surface area (Å²) in [5.74, 6) is 1.28. The topological polar surface area (TPSA) is 78.7 Å². The highest BCUT2D eigenvalue weighted by Gasteiger charge is 2.17. The molecule has 7 heteroatoms. The second-order valence-corrected chi connectivity index (χ2v) is 5.49. The summed E-state index contributed by atoms with van der Waals surface area (Å²) in [5.41, 5.74) is 8.12. The van der Waals surface area contributed by atoms with E-state index in [1.165, 1.54) is 0 Å². The van der Waals surface area contributed by atoms with Crippen LogP contribution in [0.5, 0.6) is 0 Å². The highest BCUT2D eigenvalue weighted by molar-refractivity contribution is 6.17. The summed E-state index contributed by atoms with van der Waals surface area (Å²) >= 11 is 5.88. The van der Waals surface area contributed by atoms with Crippen LogP contribution in [-0.4, -0.2) is 31.1 Å². The van der Waals surface area contributed by atoms with E-state index in [0.29, 0.717) is 12.3 Å². The van der Waals surface area contributed by atoms with Gasteiger partial charge in [0.25, 0.3) is 0 Å². The Morgan fingerprint density at radius 3 is 2.76 bits per heavy atom. The molecule has 6 nitrogen and oxygen atoms in total. The molecule has 2 N–H and O–H groups in total. The first-order chi connectivity index (χ1) is 10.1. The van der Waals surface area contributed by atoms with Crippen molar-refractivity contribution in [3.05, 3.63) is 11.5 Å². The Morgan fingerprint density at radius 1 is 1.38 bits per heavy atom. The first-order valence-electron chi connectivity index (χ1n) is 7.35. The van der Waals surface area contributed by atoms with Crippen LogP contribution >= 0.6 is 11.6 Å². The van der Waals surface area contributed by atoms with Crippen LogP contribution in [0.3, 0.4) is 0 Å². The Hall–Kier alpha value is -1.56. The highest BCUT2D eigenvalue weighted by atomic mass is 35.5. The molecule has 0 aliphatic carbocycles. The molecule has 0 atom stereocenters. The first-order valence-corrected chi connectivity index (χ1v) is 7.88. The van der Waals surface area contributed by atoms with Gasteiger partial charge in [-0.3, -0.25) is 4.79 Å². The van der Waals surface area contributed by atoms with Gasteiger partial charge in [-0.25, -0.2) is 9.67 Å². The summed E-state index contributed by atoms with van der Waals surface area (Å²) in [6.07, 6.45) is 2.83. The van der Waals surface area contributed by atoms with Gasteiger partial charge in [0, 0.05) is 31.8 Å². The summed E-state index contributed by atoms with van der Waals surface area (Å²) in [5, 5.41) is 4.51. The lowest BCUT2D eigenvalue weighted by Crippen LogP contribution is -2.12. The molecule has 21 heavy (non-hydrogen) atoms. The quantitative estimate of drug-likeness (QED) is 0.598. The van der Waals surface area contributed by atoms with Crippen molar-refractivity contribution < 1.29 is 4.79 Å². The summed E-state index contributed by atoms with van der Waals surface area (Å²) < 4.78 is 4.16. The Balaban J connectivity index is 2.28. The second-order valence-electron chi connectivity index (χ2n) is 5.12. The van der Waals surface area contributed by atoms with Crippen LogP contribution in [0.15, 0.2) is 0 Å². The molecule has 0 saturated carbocycles. The van der Waals surface area contributed by atoms with Crippen molar-refractivity contribution in [2.24, 2.45) is 5.73 Å². The molecule has 2 rings (SSSR count). The number of fused-ring (bicyclic) bond motifs is 1. The minimum atomic E-state index is -0.249. The third-order valence-corrected chi connectivity index (χ3v) is 3.74. The zero-order valence-corrected chi connectivity index (χ0v) is 13.4. The van der Waals surface area contributed by atoms with E-state index in [-0.39, 0.29) is 5.91 Å². The van der Waals surface area contributed by atoms with Gasteiger partial charge >= 0.3 is 0 Å². The van der Waals surface area contributed by atoms with Crippen molar-refractivity contribution >= 4 is 28.7 Å². The van der Waals surface area contributed by atoms with Crippen LogP contribution < -0.4 is 5.73 Å². The Bertz CT molecular complexity index is 631. The molecule has 0 spiro atoms. The third-order valence-electron chi connectivity index (χ3n) is 3.55. The molecular weight excluding hydrogens is 290 g/mol. The summed E-state index contributed by atoms with van der Waals surface area (Å²) in [7, 11) is 0. The number of carbonyl (C=O) groups excluding carboxylic acids is 1. The number of hydrogen-bond donors (Lipinski definition) is 1. The Morgan fingerprint density at radius 2 is 2.14 bits per heavy atom. The predicted octanol–water partition coefficient (Wildman–Crippen LogP) is 2.00. The number of imidazole rings is 1. The Labute approximate surface area is 129 Å². The summed E-state index contributed by atoms with van der Waals surface area (Å²) in [6.45, 7) is 5.65. The van der Waals surface area contributed by atoms with E-state index in [1.807, 2.05) is 11.6 Å². The van der Waals surface area contributed by atoms with Gasteiger partial charge in [-0.05, 0) is 26.7 Å². The number of aryl methyl sites for hydroxylation is 4. The number of carbonyl (C=O) groups is 1. The molecule has 0 aliphatic heterocycles. The molecule has 0 aromatic carbocycles. The average molecular weight is 312 g/mol. The van der Waals surface area contributed by atoms with Gasteiger partial charge < -0.3 is 10.3 Å². The number of unbranched alkanes of at least 4 members (excludes halogenated alkanes) is 1. The lowest BCUT2D eigenvalue weighted by Gasteiger charge is -2.09. The van der Waals surface area contributed by atoms with Gasteiger partial charge in [-0.1, -0.05) is 0 Å². The number of nitrogens with zero attached hydrogens (tertiary/aromatic N) is 4. The molecule has 0 saturated heterocycles. The third kappa shape index (κ3) is 3.37. The highest BCUT2D eigenvalue weighted by Crippen LogP contribution is 2.21. The van der Waals surface area contributed by atoms with Crippen LogP contribution in [0.4, 0.5) is 0 Å². The van der Waals surface area contributed by atoms with Crippen molar-refractivity contribution in [3.8, 4) is 0 Å². The van der Waals surface area contributed by atoms with Gasteiger partial charge in [0.1, 0.15) is 11.3 Å². The minimum absolute atomic E-state index is 0.249. The standard InChI is InChI=1S/C14H22ClN5O/c1-3-20-14-13(10(2)18-20)17-12(7-8-15)19(14)9-5-4-6-11(16)21/h3-9H2,1-2H3,(H2,16,21). The van der Waals surface area contributed by atoms with Crippen molar-refractivity contribution in [3.63, 3.8) is 0 Å². The normalized spacial score (nSPS) is 11.4. The van der Waals surface area contributed by atoms with Crippen molar-refractivity contribution in [1.82, 2.24) is 19.3 Å². The molecule has 1 amide bonds. The molecule has 2 aromatic heterocycles. The van der Waals surface area contributed by atoms with Crippen LogP contribution in [0.1, 0.15) is 37.7 Å². The lowest BCUT2D eigenvalue weighted by atomic mass is 10.2. The largest absolute Gasteiger partial charge is 0.370 e. The number of amides is 1. The van der Waals surface area contributed by atoms with Gasteiger partial charge in [0.2, 0.25) is 5.91 Å². The van der Waals surface area contributed by atoms with Gasteiger partial charge in [-0.2, -0.15) is 5.10 Å². The fourth-order valence-corrected chi connectivity index (χ4v) is 2.74. The molecule has 0 fully saturated rings. The maximum Gasteiger partial charge on any atom is 0.217 e. The fourth-order valence-electron chi connectivity index (χ4n) is 2.57. The molecule has 2 aromatic rings. The number of primary amides is 1. The number of aromatic nitrogens is 4. The maximum absolute atomic E-state index is 10.8. The summed E-state index contributed by atoms with van der Waals surface area (Å²) in [6, 6.07) is 0. The predicted molar refractivity (Wildman–Crippen MR) is 83.4 cm³/mol. The monoisotopic (exact) mass is 311 g/mol. The zero-order chi connectivity index (χ0) is 15.4.